The Morgan fingerprint density at radius 3 is 2.49 bits per heavy atom. The van der Waals surface area contributed by atoms with Crippen molar-refractivity contribution in [3.05, 3.63) is 66.2 Å². The molecule has 0 unspecified atom stereocenters. The van der Waals surface area contributed by atoms with Crippen LogP contribution in [0, 0.1) is 5.92 Å². The molecule has 16 heteroatoms. The van der Waals surface area contributed by atoms with E-state index in [-0.39, 0.29) is 24.1 Å². The van der Waals surface area contributed by atoms with Gasteiger partial charge in [-0.2, -0.15) is 18.3 Å². The second-order valence-electron chi connectivity index (χ2n) is 13.2. The number of amides is 4. The normalized spacial score (nSPS) is 20.4. The highest BCUT2D eigenvalue weighted by molar-refractivity contribution is 6.06. The van der Waals surface area contributed by atoms with Gasteiger partial charge in [-0.25, -0.2) is 14.8 Å². The van der Waals surface area contributed by atoms with Gasteiger partial charge in [0.2, 0.25) is 5.91 Å². The number of fused-ring (bicyclic) bond motifs is 1. The molecule has 5 heterocycles. The van der Waals surface area contributed by atoms with Crippen LogP contribution in [-0.4, -0.2) is 88.9 Å². The molecule has 3 aromatic heterocycles. The lowest BCUT2D eigenvalue weighted by Crippen LogP contribution is -2.49. The Morgan fingerprint density at radius 2 is 1.80 bits per heavy atom. The number of anilines is 3. The van der Waals surface area contributed by atoms with E-state index in [1.165, 1.54) is 18.1 Å². The summed E-state index contributed by atoms with van der Waals surface area (Å²) in [5.41, 5.74) is 0.190. The summed E-state index contributed by atoms with van der Waals surface area (Å²) in [6, 6.07) is 10.2. The lowest BCUT2D eigenvalue weighted by molar-refractivity contribution is -0.141. The molecule has 51 heavy (non-hydrogen) atoms. The van der Waals surface area contributed by atoms with Crippen LogP contribution in [0.3, 0.4) is 0 Å². The van der Waals surface area contributed by atoms with Crippen LogP contribution in [0.2, 0.25) is 0 Å². The summed E-state index contributed by atoms with van der Waals surface area (Å²) in [6.07, 6.45) is 3.37. The summed E-state index contributed by atoms with van der Waals surface area (Å²) >= 11 is 0. The first-order valence-corrected chi connectivity index (χ1v) is 17.0. The number of nitrogens with one attached hydrogen (secondary N) is 2. The molecule has 7 rings (SSSR count). The van der Waals surface area contributed by atoms with Crippen molar-refractivity contribution in [2.75, 3.05) is 61.5 Å². The van der Waals surface area contributed by atoms with Crippen molar-refractivity contribution in [3.63, 3.8) is 0 Å². The Morgan fingerprint density at radius 1 is 1.02 bits per heavy atom. The third-order valence-corrected chi connectivity index (χ3v) is 9.86. The summed E-state index contributed by atoms with van der Waals surface area (Å²) in [5.74, 6) is 0.765. The monoisotopic (exact) mass is 705 g/mol. The number of benzene rings is 1. The Bertz CT molecular complexity index is 1920. The van der Waals surface area contributed by atoms with Crippen LogP contribution in [0.4, 0.5) is 35.2 Å². The predicted octanol–water partition coefficient (Wildman–Crippen LogP) is 5.11. The average molecular weight is 706 g/mol. The third-order valence-electron chi connectivity index (χ3n) is 9.86. The molecular weight excluding hydrogens is 667 g/mol. The fourth-order valence-corrected chi connectivity index (χ4v) is 7.08. The number of nitrogens with zero attached hydrogens (tertiary/aromatic N) is 7. The topological polar surface area (TPSA) is 138 Å². The quantitative estimate of drug-likeness (QED) is 0.256. The number of ether oxygens (including phenoxy) is 1. The van der Waals surface area contributed by atoms with Gasteiger partial charge < -0.3 is 15.0 Å². The van der Waals surface area contributed by atoms with E-state index in [0.717, 1.165) is 81.7 Å². The summed E-state index contributed by atoms with van der Waals surface area (Å²) in [7, 11) is 1.45. The van der Waals surface area contributed by atoms with Crippen LogP contribution in [0.15, 0.2) is 54.9 Å². The number of alkyl halides is 3. The number of halogens is 3. The third kappa shape index (κ3) is 7.60. The van der Waals surface area contributed by atoms with E-state index in [0.29, 0.717) is 35.1 Å². The minimum Gasteiger partial charge on any atom is -0.494 e. The largest absolute Gasteiger partial charge is 0.494 e. The molecule has 4 aromatic rings. The van der Waals surface area contributed by atoms with E-state index in [2.05, 4.69) is 30.4 Å². The fourth-order valence-electron chi connectivity index (χ4n) is 7.08. The standard InChI is InChI=1S/C35H38F3N9O4/c1-51-29-18-27-23(17-28(29)41-33(49)26-3-2-4-30(40-26)35(36,37)38)21-47(43-27)24-7-5-22(6-8-24)20-44-13-15-45(16-14-44)31-10-9-25(19-39-31)46-12-11-32(48)42-34(46)50/h2-4,9-10,17-19,21-22,24H,5-8,11-16,20H2,1H3,(H,41,49)(H,42,48,50). The number of methoxy groups -OCH3 is 1. The summed E-state index contributed by atoms with van der Waals surface area (Å²) < 4.78 is 46.8. The second-order valence-corrected chi connectivity index (χ2v) is 13.2. The molecule has 1 aromatic carbocycles. The maximum absolute atomic E-state index is 13.1. The number of hydrogen-bond acceptors (Lipinski definition) is 9. The minimum absolute atomic E-state index is 0.231. The van der Waals surface area contributed by atoms with Crippen molar-refractivity contribution in [1.82, 2.24) is 30.0 Å². The van der Waals surface area contributed by atoms with Crippen molar-refractivity contribution in [1.29, 1.82) is 0 Å². The van der Waals surface area contributed by atoms with Crippen molar-refractivity contribution < 1.29 is 32.3 Å². The van der Waals surface area contributed by atoms with Gasteiger partial charge in [0, 0.05) is 63.3 Å². The van der Waals surface area contributed by atoms with Crippen LogP contribution in [0.5, 0.6) is 5.75 Å². The van der Waals surface area contributed by atoms with Crippen molar-refractivity contribution >= 4 is 45.9 Å². The lowest BCUT2D eigenvalue weighted by Gasteiger charge is -2.38. The Hall–Kier alpha value is -5.25. The molecule has 268 valence electrons. The van der Waals surface area contributed by atoms with E-state index < -0.39 is 23.8 Å². The number of aromatic nitrogens is 4. The Kier molecular flexibility index (Phi) is 9.50. The zero-order valence-electron chi connectivity index (χ0n) is 28.0. The van der Waals surface area contributed by atoms with Gasteiger partial charge in [-0.15, -0.1) is 0 Å². The van der Waals surface area contributed by atoms with Gasteiger partial charge in [0.1, 0.15) is 23.0 Å². The summed E-state index contributed by atoms with van der Waals surface area (Å²) in [6.45, 7) is 4.99. The molecular formula is C35H38F3N9O4. The average Bonchev–Trinajstić information content (AvgIpc) is 3.55. The number of urea groups is 1. The molecule has 2 saturated heterocycles. The van der Waals surface area contributed by atoms with Gasteiger partial charge in [-0.3, -0.25) is 29.4 Å². The fraction of sp³-hybridized carbons (Fsp3) is 0.429. The summed E-state index contributed by atoms with van der Waals surface area (Å²) in [4.78, 5) is 50.8. The highest BCUT2D eigenvalue weighted by atomic mass is 19.4. The second kappa shape index (κ2) is 14.2. The van der Waals surface area contributed by atoms with E-state index in [9.17, 15) is 27.6 Å². The number of carbonyl (C=O) groups is 3. The maximum Gasteiger partial charge on any atom is 0.433 e. The molecule has 0 atom stereocenters. The number of hydrogen-bond donors (Lipinski definition) is 2. The van der Waals surface area contributed by atoms with Gasteiger partial charge in [-0.1, -0.05) is 6.07 Å². The molecule has 1 aliphatic carbocycles. The van der Waals surface area contributed by atoms with Gasteiger partial charge in [0.15, 0.2) is 0 Å². The number of rotatable bonds is 8. The molecule has 0 radical (unpaired) electrons. The lowest BCUT2D eigenvalue weighted by atomic mass is 9.85. The molecule has 0 bridgehead atoms. The molecule has 1 saturated carbocycles. The zero-order chi connectivity index (χ0) is 35.7. The predicted molar refractivity (Wildman–Crippen MR) is 183 cm³/mol. The number of imide groups is 1. The zero-order valence-corrected chi connectivity index (χ0v) is 28.0. The minimum atomic E-state index is -4.66. The van der Waals surface area contributed by atoms with Gasteiger partial charge in [-0.05, 0) is 61.9 Å². The molecule has 13 nitrogen and oxygen atoms in total. The van der Waals surface area contributed by atoms with Crippen LogP contribution < -0.4 is 25.2 Å². The first kappa shape index (κ1) is 34.2. The highest BCUT2D eigenvalue weighted by Gasteiger charge is 2.33. The van der Waals surface area contributed by atoms with Crippen molar-refractivity contribution in [3.8, 4) is 5.75 Å². The number of piperazine rings is 1. The van der Waals surface area contributed by atoms with E-state index >= 15 is 0 Å². The van der Waals surface area contributed by atoms with Crippen molar-refractivity contribution in [2.45, 2.75) is 44.3 Å². The summed E-state index contributed by atoms with van der Waals surface area (Å²) in [5, 5.41) is 10.6. The first-order valence-electron chi connectivity index (χ1n) is 17.0. The van der Waals surface area contributed by atoms with Crippen LogP contribution >= 0.6 is 0 Å². The van der Waals surface area contributed by atoms with Crippen LogP contribution in [-0.2, 0) is 11.0 Å². The molecule has 3 aliphatic rings. The van der Waals surface area contributed by atoms with Gasteiger partial charge in [0.05, 0.1) is 36.2 Å². The molecule has 2 aliphatic heterocycles. The van der Waals surface area contributed by atoms with E-state index in [1.54, 1.807) is 18.3 Å². The SMILES string of the molecule is COc1cc2nn(C3CCC(CN4CCN(c5ccc(N6CCC(=O)NC6=O)cn5)CC4)CC3)cc2cc1NC(=O)c1cccc(C(F)(F)F)n1. The van der Waals surface area contributed by atoms with E-state index in [1.807, 2.05) is 23.0 Å². The number of carbonyl (C=O) groups excluding carboxylic acids is 3. The van der Waals surface area contributed by atoms with E-state index in [4.69, 9.17) is 9.84 Å². The smallest absolute Gasteiger partial charge is 0.433 e. The molecule has 3 fully saturated rings. The highest BCUT2D eigenvalue weighted by Crippen LogP contribution is 2.36. The van der Waals surface area contributed by atoms with Crippen LogP contribution in [0.1, 0.15) is 54.3 Å². The first-order chi connectivity index (χ1) is 24.5. The maximum atomic E-state index is 13.1. The van der Waals surface area contributed by atoms with Gasteiger partial charge >= 0.3 is 12.2 Å². The Labute approximate surface area is 291 Å². The molecule has 0 spiro atoms. The van der Waals surface area contributed by atoms with Crippen LogP contribution in [0.25, 0.3) is 10.9 Å². The molecule has 4 amide bonds. The number of pyridine rings is 2. The molecule has 2 N–H and O–H groups in total. The Balaban J connectivity index is 0.907. The van der Waals surface area contributed by atoms with Gasteiger partial charge in [0.25, 0.3) is 5.91 Å². The van der Waals surface area contributed by atoms with Crippen molar-refractivity contribution in [2.24, 2.45) is 5.92 Å².